The fraction of sp³-hybridized carbons (Fsp3) is 0.125. The zero-order valence-electron chi connectivity index (χ0n) is 8.85. The summed E-state index contributed by atoms with van der Waals surface area (Å²) < 4.78 is 5.06. The van der Waals surface area contributed by atoms with E-state index in [1.807, 2.05) is 0 Å². The highest BCUT2D eigenvalue weighted by Gasteiger charge is 2.14. The van der Waals surface area contributed by atoms with E-state index in [0.717, 1.165) is 11.3 Å². The van der Waals surface area contributed by atoms with Crippen molar-refractivity contribution in [3.63, 3.8) is 0 Å². The number of carbonyl (C=O) groups excluding carboxylic acids is 1. The molecule has 0 atom stereocenters. The first-order valence-corrected chi connectivity index (χ1v) is 6.04. The van der Waals surface area contributed by atoms with E-state index in [0.29, 0.717) is 0 Å². The smallest absolute Gasteiger partial charge is 0.289 e. The van der Waals surface area contributed by atoms with Crippen LogP contribution in [0.3, 0.4) is 0 Å². The number of aromatic nitrogens is 4. The first-order valence-electron chi connectivity index (χ1n) is 4.47. The van der Waals surface area contributed by atoms with Gasteiger partial charge in [0.05, 0.1) is 7.11 Å². The molecule has 7 nitrogen and oxygen atoms in total. The van der Waals surface area contributed by atoms with Crippen LogP contribution in [-0.4, -0.2) is 33.2 Å². The van der Waals surface area contributed by atoms with Crippen molar-refractivity contribution in [1.29, 1.82) is 0 Å². The summed E-state index contributed by atoms with van der Waals surface area (Å²) >= 11 is 12.2. The van der Waals surface area contributed by atoms with Crippen LogP contribution in [-0.2, 0) is 0 Å². The van der Waals surface area contributed by atoms with Gasteiger partial charge in [0.1, 0.15) is 5.15 Å². The van der Waals surface area contributed by atoms with Crippen LogP contribution in [0.2, 0.25) is 9.62 Å². The highest BCUT2D eigenvalue weighted by atomic mass is 35.5. The monoisotopic (exact) mass is 305 g/mol. The normalized spacial score (nSPS) is 10.2. The average molecular weight is 306 g/mol. The van der Waals surface area contributed by atoms with Crippen molar-refractivity contribution in [3.8, 4) is 5.88 Å². The number of amides is 1. The number of hydrogen-bond donors (Lipinski definition) is 1. The minimum Gasteiger partial charge on any atom is -0.481 e. The number of carbonyl (C=O) groups is 1. The summed E-state index contributed by atoms with van der Waals surface area (Å²) in [7, 11) is 1.43. The molecule has 0 radical (unpaired) electrons. The Morgan fingerprint density at radius 1 is 1.39 bits per heavy atom. The lowest BCUT2D eigenvalue weighted by molar-refractivity contribution is 0.102. The van der Waals surface area contributed by atoms with Crippen molar-refractivity contribution in [2.45, 2.75) is 0 Å². The van der Waals surface area contributed by atoms with Gasteiger partial charge in [-0.3, -0.25) is 10.1 Å². The van der Waals surface area contributed by atoms with Crippen LogP contribution >= 0.6 is 34.5 Å². The van der Waals surface area contributed by atoms with Gasteiger partial charge < -0.3 is 4.74 Å². The molecule has 0 saturated carbocycles. The van der Waals surface area contributed by atoms with E-state index >= 15 is 0 Å². The molecule has 1 N–H and O–H groups in total. The molecule has 0 unspecified atom stereocenters. The predicted molar refractivity (Wildman–Crippen MR) is 66.5 cm³/mol. The fourth-order valence-corrected chi connectivity index (χ4v) is 1.91. The van der Waals surface area contributed by atoms with Crippen LogP contribution in [0.25, 0.3) is 0 Å². The molecule has 2 rings (SSSR count). The van der Waals surface area contributed by atoms with Crippen LogP contribution in [0, 0.1) is 0 Å². The molecular formula is C8H5Cl2N5O2S. The van der Waals surface area contributed by atoms with Gasteiger partial charge in [0.25, 0.3) is 5.91 Å². The van der Waals surface area contributed by atoms with Gasteiger partial charge in [-0.15, -0.1) is 10.2 Å². The molecule has 0 spiro atoms. The van der Waals surface area contributed by atoms with Crippen LogP contribution < -0.4 is 10.1 Å². The maximum Gasteiger partial charge on any atom is 0.289 e. The maximum atomic E-state index is 11.7. The molecule has 0 aromatic carbocycles. The van der Waals surface area contributed by atoms with Gasteiger partial charge in [-0.1, -0.05) is 22.9 Å². The third-order valence-corrected chi connectivity index (χ3v) is 2.91. The molecule has 94 valence electrons. The molecule has 0 fully saturated rings. The molecule has 0 aliphatic carbocycles. The average Bonchev–Trinajstić information content (AvgIpc) is 2.75. The summed E-state index contributed by atoms with van der Waals surface area (Å²) in [6.07, 6.45) is 0. The second kappa shape index (κ2) is 5.42. The number of nitrogens with one attached hydrogen (secondary N) is 1. The zero-order valence-corrected chi connectivity index (χ0v) is 11.2. The lowest BCUT2D eigenvalue weighted by Crippen LogP contribution is -2.14. The number of halogens is 2. The highest BCUT2D eigenvalue weighted by molar-refractivity contribution is 7.17. The Bertz CT molecular complexity index is 591. The molecule has 0 saturated heterocycles. The topological polar surface area (TPSA) is 89.9 Å². The van der Waals surface area contributed by atoms with E-state index in [4.69, 9.17) is 27.9 Å². The SMILES string of the molecule is COc1cc(Cl)nc(NC(=O)c2nnc(Cl)s2)n1. The summed E-state index contributed by atoms with van der Waals surface area (Å²) in [6, 6.07) is 1.42. The van der Waals surface area contributed by atoms with Crippen LogP contribution in [0.15, 0.2) is 6.07 Å². The molecule has 2 aromatic rings. The minimum absolute atomic E-state index is 0.00988. The van der Waals surface area contributed by atoms with Crippen molar-refractivity contribution < 1.29 is 9.53 Å². The second-order valence-corrected chi connectivity index (χ2v) is 4.82. The molecule has 2 heterocycles. The second-order valence-electron chi connectivity index (χ2n) is 2.87. The maximum absolute atomic E-state index is 11.7. The van der Waals surface area contributed by atoms with Gasteiger partial charge in [-0.05, 0) is 11.6 Å². The standard InChI is InChI=1S/C8H5Cl2N5O2S/c1-17-4-2-3(9)11-8(12-4)13-5(16)6-14-15-7(10)18-6/h2H,1H3,(H,11,12,13,16). The first kappa shape index (κ1) is 12.9. The molecule has 1 amide bonds. The van der Waals surface area contributed by atoms with E-state index < -0.39 is 5.91 Å². The largest absolute Gasteiger partial charge is 0.481 e. The Morgan fingerprint density at radius 2 is 2.17 bits per heavy atom. The van der Waals surface area contributed by atoms with E-state index in [1.165, 1.54) is 13.2 Å². The summed E-state index contributed by atoms with van der Waals surface area (Å²) in [4.78, 5) is 19.4. The molecule has 0 aliphatic heterocycles. The highest BCUT2D eigenvalue weighted by Crippen LogP contribution is 2.18. The number of anilines is 1. The van der Waals surface area contributed by atoms with Crippen molar-refractivity contribution in [2.75, 3.05) is 12.4 Å². The first-order chi connectivity index (χ1) is 8.58. The minimum atomic E-state index is -0.524. The third-order valence-electron chi connectivity index (χ3n) is 1.70. The van der Waals surface area contributed by atoms with Crippen molar-refractivity contribution in [1.82, 2.24) is 20.2 Å². The Labute approximate surface area is 115 Å². The van der Waals surface area contributed by atoms with Gasteiger partial charge in [0.2, 0.25) is 21.3 Å². The van der Waals surface area contributed by atoms with Gasteiger partial charge >= 0.3 is 0 Å². The van der Waals surface area contributed by atoms with Gasteiger partial charge in [-0.2, -0.15) is 4.98 Å². The van der Waals surface area contributed by atoms with Crippen LogP contribution in [0.5, 0.6) is 5.88 Å². The quantitative estimate of drug-likeness (QED) is 0.871. The van der Waals surface area contributed by atoms with Gasteiger partial charge in [0, 0.05) is 6.07 Å². The number of rotatable bonds is 3. The van der Waals surface area contributed by atoms with E-state index in [-0.39, 0.29) is 26.5 Å². The summed E-state index contributed by atoms with van der Waals surface area (Å²) in [5.41, 5.74) is 0. The van der Waals surface area contributed by atoms with Crippen molar-refractivity contribution in [2.24, 2.45) is 0 Å². The Balaban J connectivity index is 2.18. The Morgan fingerprint density at radius 3 is 2.78 bits per heavy atom. The molecule has 18 heavy (non-hydrogen) atoms. The zero-order chi connectivity index (χ0) is 13.1. The molecular weight excluding hydrogens is 301 g/mol. The summed E-state index contributed by atoms with van der Waals surface area (Å²) in [5, 5.41) is 9.75. The lowest BCUT2D eigenvalue weighted by atomic mass is 10.6. The Hall–Kier alpha value is -1.51. The molecule has 2 aromatic heterocycles. The van der Waals surface area contributed by atoms with Crippen molar-refractivity contribution in [3.05, 3.63) is 20.7 Å². The Kier molecular flexibility index (Phi) is 3.90. The molecule has 0 bridgehead atoms. The van der Waals surface area contributed by atoms with E-state index in [2.05, 4.69) is 25.5 Å². The summed E-state index contributed by atoms with van der Waals surface area (Å²) in [5.74, 6) is -0.278. The fourth-order valence-electron chi connectivity index (χ4n) is 1.01. The van der Waals surface area contributed by atoms with Gasteiger partial charge in [0.15, 0.2) is 0 Å². The number of ether oxygens (including phenoxy) is 1. The lowest BCUT2D eigenvalue weighted by Gasteiger charge is -2.03. The predicted octanol–water partition coefficient (Wildman–Crippen LogP) is 1.90. The van der Waals surface area contributed by atoms with E-state index in [9.17, 15) is 4.79 Å². The number of hydrogen-bond acceptors (Lipinski definition) is 7. The van der Waals surface area contributed by atoms with Crippen molar-refractivity contribution >= 4 is 46.4 Å². The van der Waals surface area contributed by atoms with E-state index in [1.54, 1.807) is 0 Å². The number of nitrogens with zero attached hydrogens (tertiary/aromatic N) is 4. The van der Waals surface area contributed by atoms with Gasteiger partial charge in [-0.25, -0.2) is 4.98 Å². The van der Waals surface area contributed by atoms with Crippen LogP contribution in [0.1, 0.15) is 9.80 Å². The van der Waals surface area contributed by atoms with Crippen LogP contribution in [0.4, 0.5) is 5.95 Å². The third kappa shape index (κ3) is 3.03. The molecule has 10 heteroatoms. The summed E-state index contributed by atoms with van der Waals surface area (Å²) in [6.45, 7) is 0. The number of methoxy groups -OCH3 is 1. The molecule has 0 aliphatic rings.